The molecule has 1 saturated heterocycles. The highest BCUT2D eigenvalue weighted by Crippen LogP contribution is 2.30. The predicted octanol–water partition coefficient (Wildman–Crippen LogP) is 3.18. The molecule has 1 aliphatic rings. The summed E-state index contributed by atoms with van der Waals surface area (Å²) in [5.41, 5.74) is 1.47. The van der Waals surface area contributed by atoms with Gasteiger partial charge in [0.25, 0.3) is 0 Å². The lowest BCUT2D eigenvalue weighted by Crippen LogP contribution is -2.40. The molecule has 0 spiro atoms. The standard InChI is InChI=1S/C13H19NS/c1-11(2)14-8-9-15-10-13(14)12-6-4-3-5-7-12/h3-7,11,13H,8-10H2,1-2H3. The van der Waals surface area contributed by atoms with Gasteiger partial charge in [-0.25, -0.2) is 0 Å². The van der Waals surface area contributed by atoms with Crippen molar-refractivity contribution in [3.05, 3.63) is 35.9 Å². The summed E-state index contributed by atoms with van der Waals surface area (Å²) in [4.78, 5) is 2.62. The second-order valence-electron chi connectivity index (χ2n) is 4.33. The van der Waals surface area contributed by atoms with E-state index in [9.17, 15) is 0 Å². The fourth-order valence-electron chi connectivity index (χ4n) is 2.20. The molecule has 0 radical (unpaired) electrons. The van der Waals surface area contributed by atoms with E-state index < -0.39 is 0 Å². The van der Waals surface area contributed by atoms with Crippen LogP contribution in [0.25, 0.3) is 0 Å². The SMILES string of the molecule is CC(C)N1CCSCC1c1ccccc1. The number of thioether (sulfide) groups is 1. The Morgan fingerprint density at radius 2 is 2.00 bits per heavy atom. The zero-order chi connectivity index (χ0) is 10.7. The average molecular weight is 221 g/mol. The molecule has 0 saturated carbocycles. The van der Waals surface area contributed by atoms with Crippen molar-refractivity contribution in [1.29, 1.82) is 0 Å². The molecule has 1 nitrogen and oxygen atoms in total. The van der Waals surface area contributed by atoms with Gasteiger partial charge in [0.15, 0.2) is 0 Å². The van der Waals surface area contributed by atoms with E-state index in [-0.39, 0.29) is 0 Å². The molecule has 0 N–H and O–H groups in total. The van der Waals surface area contributed by atoms with E-state index in [0.29, 0.717) is 12.1 Å². The topological polar surface area (TPSA) is 3.24 Å². The number of nitrogens with zero attached hydrogens (tertiary/aromatic N) is 1. The molecule has 15 heavy (non-hydrogen) atoms. The molecule has 0 amide bonds. The lowest BCUT2D eigenvalue weighted by atomic mass is 10.1. The van der Waals surface area contributed by atoms with E-state index >= 15 is 0 Å². The van der Waals surface area contributed by atoms with Crippen molar-refractivity contribution in [2.45, 2.75) is 25.9 Å². The van der Waals surface area contributed by atoms with Crippen LogP contribution in [0.15, 0.2) is 30.3 Å². The highest BCUT2D eigenvalue weighted by molar-refractivity contribution is 7.99. The van der Waals surface area contributed by atoms with Crippen molar-refractivity contribution in [3.8, 4) is 0 Å². The molecule has 1 unspecified atom stereocenters. The molecule has 0 aliphatic carbocycles. The van der Waals surface area contributed by atoms with Crippen molar-refractivity contribution in [2.75, 3.05) is 18.1 Å². The number of rotatable bonds is 2. The number of hydrogen-bond acceptors (Lipinski definition) is 2. The van der Waals surface area contributed by atoms with Crippen LogP contribution < -0.4 is 0 Å². The Bertz CT molecular complexity index is 297. The fraction of sp³-hybridized carbons (Fsp3) is 0.538. The lowest BCUT2D eigenvalue weighted by Gasteiger charge is -2.38. The summed E-state index contributed by atoms with van der Waals surface area (Å²) in [5.74, 6) is 2.52. The van der Waals surface area contributed by atoms with Crippen LogP contribution in [0.4, 0.5) is 0 Å². The van der Waals surface area contributed by atoms with Gasteiger partial charge in [-0.1, -0.05) is 30.3 Å². The van der Waals surface area contributed by atoms with Gasteiger partial charge in [0, 0.05) is 30.1 Å². The second kappa shape index (κ2) is 5.04. The molecule has 1 atom stereocenters. The van der Waals surface area contributed by atoms with Gasteiger partial charge in [-0.15, -0.1) is 0 Å². The van der Waals surface area contributed by atoms with E-state index in [1.54, 1.807) is 0 Å². The van der Waals surface area contributed by atoms with Gasteiger partial charge in [0.05, 0.1) is 0 Å². The molecule has 1 aromatic rings. The highest BCUT2D eigenvalue weighted by atomic mass is 32.2. The summed E-state index contributed by atoms with van der Waals surface area (Å²) in [5, 5.41) is 0. The zero-order valence-electron chi connectivity index (χ0n) is 9.52. The Balaban J connectivity index is 2.18. The predicted molar refractivity (Wildman–Crippen MR) is 68.4 cm³/mol. The van der Waals surface area contributed by atoms with Crippen LogP contribution in [0, 0.1) is 0 Å². The minimum Gasteiger partial charge on any atom is -0.292 e. The second-order valence-corrected chi connectivity index (χ2v) is 5.48. The van der Waals surface area contributed by atoms with Gasteiger partial charge >= 0.3 is 0 Å². The third kappa shape index (κ3) is 2.56. The Morgan fingerprint density at radius 3 is 2.67 bits per heavy atom. The Hall–Kier alpha value is -0.470. The van der Waals surface area contributed by atoms with Crippen LogP contribution in [0.5, 0.6) is 0 Å². The summed E-state index contributed by atoms with van der Waals surface area (Å²) in [7, 11) is 0. The van der Waals surface area contributed by atoms with Crippen LogP contribution >= 0.6 is 11.8 Å². The first-order valence-corrected chi connectivity index (χ1v) is 6.83. The average Bonchev–Trinajstić information content (AvgIpc) is 2.30. The van der Waals surface area contributed by atoms with Gasteiger partial charge in [0.2, 0.25) is 0 Å². The maximum atomic E-state index is 2.62. The minimum absolute atomic E-state index is 0.616. The van der Waals surface area contributed by atoms with Crippen molar-refractivity contribution < 1.29 is 0 Å². The van der Waals surface area contributed by atoms with E-state index in [0.717, 1.165) is 0 Å². The van der Waals surface area contributed by atoms with Crippen molar-refractivity contribution >= 4 is 11.8 Å². The van der Waals surface area contributed by atoms with Gasteiger partial charge in [-0.2, -0.15) is 11.8 Å². The highest BCUT2D eigenvalue weighted by Gasteiger charge is 2.25. The molecule has 82 valence electrons. The van der Waals surface area contributed by atoms with Gasteiger partial charge in [-0.05, 0) is 19.4 Å². The summed E-state index contributed by atoms with van der Waals surface area (Å²) >= 11 is 2.08. The molecule has 1 fully saturated rings. The molecule has 0 aromatic heterocycles. The molecule has 0 bridgehead atoms. The molecular formula is C13H19NS. The van der Waals surface area contributed by atoms with Crippen molar-refractivity contribution in [1.82, 2.24) is 4.90 Å². The maximum absolute atomic E-state index is 2.62. The van der Waals surface area contributed by atoms with Gasteiger partial charge in [-0.3, -0.25) is 4.90 Å². The minimum atomic E-state index is 0.616. The van der Waals surface area contributed by atoms with Crippen molar-refractivity contribution in [2.24, 2.45) is 0 Å². The summed E-state index contributed by atoms with van der Waals surface area (Å²) in [6, 6.07) is 12.2. The zero-order valence-corrected chi connectivity index (χ0v) is 10.3. The molecular weight excluding hydrogens is 202 g/mol. The number of benzene rings is 1. The van der Waals surface area contributed by atoms with E-state index in [4.69, 9.17) is 0 Å². The van der Waals surface area contributed by atoms with Crippen molar-refractivity contribution in [3.63, 3.8) is 0 Å². The van der Waals surface area contributed by atoms with E-state index in [1.807, 2.05) is 0 Å². The van der Waals surface area contributed by atoms with E-state index in [1.165, 1.54) is 23.6 Å². The Kier molecular flexibility index (Phi) is 3.71. The van der Waals surface area contributed by atoms with Gasteiger partial charge < -0.3 is 0 Å². The molecule has 1 aromatic carbocycles. The maximum Gasteiger partial charge on any atom is 0.0441 e. The molecule has 2 heteroatoms. The van der Waals surface area contributed by atoms with Crippen LogP contribution in [0.3, 0.4) is 0 Å². The van der Waals surface area contributed by atoms with Gasteiger partial charge in [0.1, 0.15) is 0 Å². The smallest absolute Gasteiger partial charge is 0.0441 e. The summed E-state index contributed by atoms with van der Waals surface area (Å²) < 4.78 is 0. The quantitative estimate of drug-likeness (QED) is 0.754. The monoisotopic (exact) mass is 221 g/mol. The Labute approximate surface area is 96.9 Å². The first-order valence-electron chi connectivity index (χ1n) is 5.67. The first-order chi connectivity index (χ1) is 7.29. The molecule has 1 heterocycles. The molecule has 2 rings (SSSR count). The molecule has 1 aliphatic heterocycles. The normalized spacial score (nSPS) is 23.3. The first kappa shape index (κ1) is 11.0. The van der Waals surface area contributed by atoms with Crippen LogP contribution in [-0.4, -0.2) is 29.0 Å². The lowest BCUT2D eigenvalue weighted by molar-refractivity contribution is 0.174. The summed E-state index contributed by atoms with van der Waals surface area (Å²) in [6.07, 6.45) is 0. The van der Waals surface area contributed by atoms with Crippen LogP contribution in [-0.2, 0) is 0 Å². The summed E-state index contributed by atoms with van der Waals surface area (Å²) in [6.45, 7) is 5.82. The van der Waals surface area contributed by atoms with Crippen LogP contribution in [0.1, 0.15) is 25.5 Å². The third-order valence-electron chi connectivity index (χ3n) is 3.02. The largest absolute Gasteiger partial charge is 0.292 e. The number of hydrogen-bond donors (Lipinski definition) is 0. The van der Waals surface area contributed by atoms with E-state index in [2.05, 4.69) is 60.8 Å². The Morgan fingerprint density at radius 1 is 1.27 bits per heavy atom. The third-order valence-corrected chi connectivity index (χ3v) is 4.04. The fourth-order valence-corrected chi connectivity index (χ4v) is 3.31. The van der Waals surface area contributed by atoms with Crippen LogP contribution in [0.2, 0.25) is 0 Å².